The molecule has 0 saturated heterocycles. The Bertz CT molecular complexity index is 1430. The molecule has 8 nitrogen and oxygen atoms in total. The summed E-state index contributed by atoms with van der Waals surface area (Å²) in [6, 6.07) is 20.3. The number of hydrogen-bond donors (Lipinski definition) is 2. The first-order valence-electron chi connectivity index (χ1n) is 11.3. The molecule has 0 unspecified atom stereocenters. The molecular formula is C26H23N3O5S. The number of hydrogen-bond acceptors (Lipinski definition) is 6. The number of ether oxygens (including phenoxy) is 1. The fourth-order valence-electron chi connectivity index (χ4n) is 4.17. The summed E-state index contributed by atoms with van der Waals surface area (Å²) in [4.78, 5) is 29.6. The zero-order chi connectivity index (χ0) is 24.4. The highest BCUT2D eigenvalue weighted by atomic mass is 32.2. The van der Waals surface area contributed by atoms with E-state index < -0.39 is 28.0 Å². The third kappa shape index (κ3) is 4.95. The molecule has 0 fully saturated rings. The quantitative estimate of drug-likeness (QED) is 0.528. The van der Waals surface area contributed by atoms with Crippen molar-refractivity contribution in [2.75, 3.05) is 11.9 Å². The molecule has 9 heteroatoms. The lowest BCUT2D eigenvalue weighted by molar-refractivity contribution is 0.0252. The molecule has 0 radical (unpaired) electrons. The molecule has 3 aromatic rings. The molecule has 2 heterocycles. The van der Waals surface area contributed by atoms with Crippen LogP contribution in [0.5, 0.6) is 0 Å². The van der Waals surface area contributed by atoms with E-state index in [0.717, 1.165) is 17.5 Å². The van der Waals surface area contributed by atoms with Crippen LogP contribution in [0.15, 0.2) is 82.7 Å². The zero-order valence-corrected chi connectivity index (χ0v) is 19.5. The lowest BCUT2D eigenvalue weighted by atomic mass is 9.93. The van der Waals surface area contributed by atoms with Crippen LogP contribution in [0, 0.1) is 0 Å². The van der Waals surface area contributed by atoms with Crippen LogP contribution in [0.1, 0.15) is 50.8 Å². The third-order valence-electron chi connectivity index (χ3n) is 5.94. The van der Waals surface area contributed by atoms with Crippen LogP contribution in [-0.4, -0.2) is 32.7 Å². The van der Waals surface area contributed by atoms with Gasteiger partial charge in [-0.1, -0.05) is 36.4 Å². The number of sulfonamides is 1. The number of anilines is 1. The molecule has 35 heavy (non-hydrogen) atoms. The summed E-state index contributed by atoms with van der Waals surface area (Å²) in [6.07, 6.45) is 1.44. The van der Waals surface area contributed by atoms with E-state index in [9.17, 15) is 18.0 Å². The molecule has 2 aliphatic rings. The third-order valence-corrected chi connectivity index (χ3v) is 7.32. The number of nitrogens with one attached hydrogen (secondary N) is 2. The van der Waals surface area contributed by atoms with Crippen LogP contribution in [0.3, 0.4) is 0 Å². The molecule has 1 atom stereocenters. The van der Waals surface area contributed by atoms with Crippen molar-refractivity contribution in [3.05, 3.63) is 95.1 Å². The molecule has 0 saturated carbocycles. The van der Waals surface area contributed by atoms with Crippen molar-refractivity contribution < 1.29 is 22.7 Å². The number of amides is 1. The topological polar surface area (TPSA) is 114 Å². The van der Waals surface area contributed by atoms with Gasteiger partial charge in [-0.05, 0) is 53.9 Å². The van der Waals surface area contributed by atoms with E-state index in [-0.39, 0.29) is 4.90 Å². The molecule has 0 bridgehead atoms. The Kier molecular flexibility index (Phi) is 6.08. The number of esters is 1. The molecule has 1 amide bonds. The minimum Gasteiger partial charge on any atom is -0.454 e. The Morgan fingerprint density at radius 2 is 1.83 bits per heavy atom. The number of rotatable bonds is 5. The molecule has 0 aliphatic carbocycles. The Morgan fingerprint density at radius 3 is 2.60 bits per heavy atom. The standard InChI is InChI=1S/C26H23N3O5S/c30-25(28-20-8-4-9-21(16-20)35(32,33)29-24-10-5-13-27-24)18-11-12-22-19(14-18)15-23(34-26(22)31)17-6-2-1-3-7-17/h1-4,6-9,11-12,14,16,23H,5,10,13,15H2,(H,27,29)(H,28,30)/t23-/m1/s1. The summed E-state index contributed by atoms with van der Waals surface area (Å²) >= 11 is 0. The van der Waals surface area contributed by atoms with Gasteiger partial charge in [-0.2, -0.15) is 0 Å². The van der Waals surface area contributed by atoms with Crippen LogP contribution in [0.2, 0.25) is 0 Å². The van der Waals surface area contributed by atoms with Crippen LogP contribution in [0.4, 0.5) is 5.69 Å². The zero-order valence-electron chi connectivity index (χ0n) is 18.7. The Labute approximate surface area is 203 Å². The largest absolute Gasteiger partial charge is 0.454 e. The molecule has 0 spiro atoms. The Hall–Kier alpha value is -3.98. The van der Waals surface area contributed by atoms with Crippen molar-refractivity contribution in [2.24, 2.45) is 4.99 Å². The second-order valence-corrected chi connectivity index (χ2v) is 10.1. The molecule has 2 aliphatic heterocycles. The van der Waals surface area contributed by atoms with Crippen molar-refractivity contribution >= 4 is 33.4 Å². The summed E-state index contributed by atoms with van der Waals surface area (Å²) in [7, 11) is -3.80. The smallest absolute Gasteiger partial charge is 0.339 e. The van der Waals surface area contributed by atoms with Gasteiger partial charge in [-0.15, -0.1) is 0 Å². The van der Waals surface area contributed by atoms with Crippen LogP contribution >= 0.6 is 0 Å². The summed E-state index contributed by atoms with van der Waals surface area (Å²) < 4.78 is 33.5. The van der Waals surface area contributed by atoms with Gasteiger partial charge < -0.3 is 10.1 Å². The predicted molar refractivity (Wildman–Crippen MR) is 131 cm³/mol. The predicted octanol–water partition coefficient (Wildman–Crippen LogP) is 3.86. The van der Waals surface area contributed by atoms with Gasteiger partial charge in [0, 0.05) is 30.6 Å². The Balaban J connectivity index is 1.34. The van der Waals surface area contributed by atoms with Gasteiger partial charge in [-0.25, -0.2) is 13.2 Å². The first-order chi connectivity index (χ1) is 16.9. The van der Waals surface area contributed by atoms with E-state index in [1.54, 1.807) is 30.3 Å². The summed E-state index contributed by atoms with van der Waals surface area (Å²) in [6.45, 7) is 0.610. The molecular weight excluding hydrogens is 466 g/mol. The van der Waals surface area contributed by atoms with Gasteiger partial charge in [0.25, 0.3) is 15.9 Å². The van der Waals surface area contributed by atoms with Gasteiger partial charge in [-0.3, -0.25) is 14.5 Å². The average molecular weight is 490 g/mol. The maximum atomic E-state index is 13.0. The number of nitrogens with zero attached hydrogens (tertiary/aromatic N) is 1. The fraction of sp³-hybridized carbons (Fsp3) is 0.192. The second-order valence-electron chi connectivity index (χ2n) is 8.40. The lowest BCUT2D eigenvalue weighted by Crippen LogP contribution is -2.29. The number of fused-ring (bicyclic) bond motifs is 1. The highest BCUT2D eigenvalue weighted by Gasteiger charge is 2.28. The average Bonchev–Trinajstić information content (AvgIpc) is 3.36. The van der Waals surface area contributed by atoms with Gasteiger partial charge in [0.1, 0.15) is 11.9 Å². The first-order valence-corrected chi connectivity index (χ1v) is 12.7. The van der Waals surface area contributed by atoms with Crippen molar-refractivity contribution in [3.63, 3.8) is 0 Å². The minimum atomic E-state index is -3.80. The van der Waals surface area contributed by atoms with Crippen molar-refractivity contribution in [1.82, 2.24) is 4.72 Å². The van der Waals surface area contributed by atoms with E-state index in [1.807, 2.05) is 30.3 Å². The molecule has 2 N–H and O–H groups in total. The van der Waals surface area contributed by atoms with Crippen LogP contribution in [-0.2, 0) is 21.2 Å². The first kappa shape index (κ1) is 22.8. The maximum Gasteiger partial charge on any atom is 0.339 e. The number of carbonyl (C=O) groups excluding carboxylic acids is 2. The summed E-state index contributed by atoms with van der Waals surface area (Å²) in [5.41, 5.74) is 2.74. The van der Waals surface area contributed by atoms with Crippen molar-refractivity contribution in [3.8, 4) is 0 Å². The summed E-state index contributed by atoms with van der Waals surface area (Å²) in [5.74, 6) is -0.393. The molecule has 0 aromatic heterocycles. The number of aliphatic imine (C=N–C) groups is 1. The minimum absolute atomic E-state index is 0.0313. The molecule has 178 valence electrons. The van der Waals surface area contributed by atoms with Gasteiger partial charge in [0.15, 0.2) is 0 Å². The highest BCUT2D eigenvalue weighted by Crippen LogP contribution is 2.31. The lowest BCUT2D eigenvalue weighted by Gasteiger charge is -2.25. The van der Waals surface area contributed by atoms with E-state index >= 15 is 0 Å². The SMILES string of the molecule is O=C(Nc1cccc(S(=O)(=O)NC2=NCCC2)c1)c1ccc2c(c1)C[C@H](c1ccccc1)OC2=O. The van der Waals surface area contributed by atoms with Gasteiger partial charge in [0.2, 0.25) is 0 Å². The summed E-state index contributed by atoms with van der Waals surface area (Å²) in [5, 5.41) is 2.75. The number of amidine groups is 1. The Morgan fingerprint density at radius 1 is 1.00 bits per heavy atom. The number of benzene rings is 3. The monoisotopic (exact) mass is 489 g/mol. The van der Waals surface area contributed by atoms with Crippen molar-refractivity contribution in [2.45, 2.75) is 30.3 Å². The second kappa shape index (κ2) is 9.34. The van der Waals surface area contributed by atoms with Crippen LogP contribution < -0.4 is 10.0 Å². The van der Waals surface area contributed by atoms with Gasteiger partial charge >= 0.3 is 5.97 Å². The van der Waals surface area contributed by atoms with Crippen LogP contribution in [0.25, 0.3) is 0 Å². The molecule has 5 rings (SSSR count). The number of carbonyl (C=O) groups is 2. The van der Waals surface area contributed by atoms with E-state index in [0.29, 0.717) is 42.0 Å². The van der Waals surface area contributed by atoms with E-state index in [2.05, 4.69) is 15.0 Å². The van der Waals surface area contributed by atoms with E-state index in [1.165, 1.54) is 12.1 Å². The molecule has 3 aromatic carbocycles. The van der Waals surface area contributed by atoms with Crippen molar-refractivity contribution in [1.29, 1.82) is 0 Å². The maximum absolute atomic E-state index is 13.0. The number of cyclic esters (lactones) is 1. The highest BCUT2D eigenvalue weighted by molar-refractivity contribution is 7.90. The normalized spacial score (nSPS) is 17.2. The van der Waals surface area contributed by atoms with E-state index in [4.69, 9.17) is 4.74 Å². The fourth-order valence-corrected chi connectivity index (χ4v) is 5.31. The van der Waals surface area contributed by atoms with Gasteiger partial charge in [0.05, 0.1) is 10.5 Å².